The molecule has 23 heavy (non-hydrogen) atoms. The van der Waals surface area contributed by atoms with Crippen LogP contribution in [0.1, 0.15) is 39.5 Å². The number of carbonyl (C=O) groups excluding carboxylic acids is 1. The van der Waals surface area contributed by atoms with Crippen LogP contribution in [0.4, 0.5) is 0 Å². The maximum atomic E-state index is 12.5. The molecular formula is C15H25NO5S2. The summed E-state index contributed by atoms with van der Waals surface area (Å²) in [4.78, 5) is 23.7. The standard InChI is InChI=1S/C15H25NO5S2/c1-14(2)10-4-6-15(14,12(17)8-10)9-23(20,21)16-11(13(18)19)5-7-22-3/h10-11,16H,4-9H2,1-3H3,(H,18,19)/t10?,11-,15?/m0/s1. The van der Waals surface area contributed by atoms with Gasteiger partial charge < -0.3 is 5.11 Å². The molecule has 0 aliphatic heterocycles. The van der Waals surface area contributed by atoms with E-state index < -0.39 is 27.4 Å². The molecule has 6 nitrogen and oxygen atoms in total. The Kier molecular flexibility index (Phi) is 5.19. The molecule has 132 valence electrons. The predicted molar refractivity (Wildman–Crippen MR) is 89.9 cm³/mol. The molecule has 0 aromatic carbocycles. The van der Waals surface area contributed by atoms with Gasteiger partial charge in [0.05, 0.1) is 5.75 Å². The summed E-state index contributed by atoms with van der Waals surface area (Å²) in [5.41, 5.74) is -1.22. The smallest absolute Gasteiger partial charge is 0.321 e. The van der Waals surface area contributed by atoms with Gasteiger partial charge >= 0.3 is 5.97 Å². The van der Waals surface area contributed by atoms with E-state index in [0.717, 1.165) is 6.42 Å². The van der Waals surface area contributed by atoms with Gasteiger partial charge in [0.1, 0.15) is 11.8 Å². The zero-order valence-electron chi connectivity index (χ0n) is 13.8. The van der Waals surface area contributed by atoms with E-state index in [0.29, 0.717) is 18.6 Å². The van der Waals surface area contributed by atoms with Gasteiger partial charge in [-0.15, -0.1) is 0 Å². The Balaban J connectivity index is 2.17. The van der Waals surface area contributed by atoms with Gasteiger partial charge in [-0.1, -0.05) is 13.8 Å². The lowest BCUT2D eigenvalue weighted by molar-refractivity contribution is -0.139. The second-order valence-electron chi connectivity index (χ2n) is 7.22. The van der Waals surface area contributed by atoms with Crippen LogP contribution >= 0.6 is 11.8 Å². The third-order valence-corrected chi connectivity index (χ3v) is 7.97. The topological polar surface area (TPSA) is 101 Å². The molecule has 0 heterocycles. The Morgan fingerprint density at radius 3 is 2.57 bits per heavy atom. The molecule has 8 heteroatoms. The number of sulfonamides is 1. The monoisotopic (exact) mass is 363 g/mol. The summed E-state index contributed by atoms with van der Waals surface area (Å²) >= 11 is 1.46. The van der Waals surface area contributed by atoms with Crippen LogP contribution in [0.5, 0.6) is 0 Å². The van der Waals surface area contributed by atoms with Crippen LogP contribution in [0.3, 0.4) is 0 Å². The zero-order chi connectivity index (χ0) is 17.5. The number of hydrogen-bond acceptors (Lipinski definition) is 5. The number of aliphatic carboxylic acids is 1. The van der Waals surface area contributed by atoms with Crippen LogP contribution in [0.15, 0.2) is 0 Å². The molecule has 2 bridgehead atoms. The Hall–Kier alpha value is -0.600. The average molecular weight is 364 g/mol. The minimum absolute atomic E-state index is 0.0140. The summed E-state index contributed by atoms with van der Waals surface area (Å²) in [7, 11) is -3.85. The first-order valence-electron chi connectivity index (χ1n) is 7.81. The molecule has 0 aromatic rings. The van der Waals surface area contributed by atoms with Crippen LogP contribution < -0.4 is 4.72 Å². The van der Waals surface area contributed by atoms with Gasteiger partial charge in [0.2, 0.25) is 10.0 Å². The molecule has 0 radical (unpaired) electrons. The van der Waals surface area contributed by atoms with Gasteiger partial charge in [-0.3, -0.25) is 9.59 Å². The van der Waals surface area contributed by atoms with E-state index in [-0.39, 0.29) is 29.3 Å². The minimum Gasteiger partial charge on any atom is -0.480 e. The van der Waals surface area contributed by atoms with Crippen LogP contribution in [0.2, 0.25) is 0 Å². The number of carboxylic acid groups (broad SMARTS) is 1. The van der Waals surface area contributed by atoms with Crippen molar-refractivity contribution in [3.05, 3.63) is 0 Å². The lowest BCUT2D eigenvalue weighted by Gasteiger charge is -2.36. The van der Waals surface area contributed by atoms with Gasteiger partial charge in [-0.25, -0.2) is 13.1 Å². The number of carbonyl (C=O) groups is 2. The molecule has 2 aliphatic rings. The third kappa shape index (κ3) is 3.30. The highest BCUT2D eigenvalue weighted by atomic mass is 32.2. The molecule has 0 saturated heterocycles. The number of ketones is 1. The van der Waals surface area contributed by atoms with Crippen molar-refractivity contribution in [2.45, 2.75) is 45.6 Å². The van der Waals surface area contributed by atoms with Crippen LogP contribution in [-0.4, -0.2) is 49.1 Å². The van der Waals surface area contributed by atoms with Crippen molar-refractivity contribution in [2.75, 3.05) is 17.8 Å². The SMILES string of the molecule is CSCC[C@H](NS(=O)(=O)CC12CCC(CC1=O)C2(C)C)C(=O)O. The fraction of sp³-hybridized carbons (Fsp3) is 0.867. The van der Waals surface area contributed by atoms with E-state index in [1.165, 1.54) is 11.8 Å². The molecule has 2 aliphatic carbocycles. The molecule has 2 fully saturated rings. The number of rotatable bonds is 8. The number of hydrogen-bond donors (Lipinski definition) is 2. The molecule has 3 atom stereocenters. The number of carboxylic acids is 1. The summed E-state index contributed by atoms with van der Waals surface area (Å²) < 4.78 is 27.4. The van der Waals surface area contributed by atoms with Crippen molar-refractivity contribution in [3.8, 4) is 0 Å². The Labute approximate surface area is 141 Å². The molecule has 2 saturated carbocycles. The number of nitrogens with one attached hydrogen (secondary N) is 1. The van der Waals surface area contributed by atoms with E-state index in [9.17, 15) is 23.1 Å². The highest BCUT2D eigenvalue weighted by Gasteiger charge is 2.65. The van der Waals surface area contributed by atoms with Crippen molar-refractivity contribution in [2.24, 2.45) is 16.7 Å². The van der Waals surface area contributed by atoms with Crippen LogP contribution in [0, 0.1) is 16.7 Å². The van der Waals surface area contributed by atoms with Crippen molar-refractivity contribution >= 4 is 33.5 Å². The quantitative estimate of drug-likeness (QED) is 0.678. The van der Waals surface area contributed by atoms with Crippen molar-refractivity contribution < 1.29 is 23.1 Å². The summed E-state index contributed by atoms with van der Waals surface area (Å²) in [6.45, 7) is 3.93. The molecule has 0 spiro atoms. The van der Waals surface area contributed by atoms with E-state index in [2.05, 4.69) is 4.72 Å². The minimum atomic E-state index is -3.85. The van der Waals surface area contributed by atoms with Gasteiger partial charge in [-0.05, 0) is 42.6 Å². The summed E-state index contributed by atoms with van der Waals surface area (Å²) in [5.74, 6) is -0.679. The first-order chi connectivity index (χ1) is 10.6. The largest absolute Gasteiger partial charge is 0.480 e. The van der Waals surface area contributed by atoms with E-state index >= 15 is 0 Å². The van der Waals surface area contributed by atoms with Gasteiger partial charge in [0, 0.05) is 11.8 Å². The van der Waals surface area contributed by atoms with Crippen molar-refractivity contribution in [3.63, 3.8) is 0 Å². The molecule has 0 amide bonds. The first kappa shape index (κ1) is 18.7. The van der Waals surface area contributed by atoms with Crippen LogP contribution in [0.25, 0.3) is 0 Å². The fourth-order valence-electron chi connectivity index (χ4n) is 4.16. The van der Waals surface area contributed by atoms with Crippen molar-refractivity contribution in [1.82, 2.24) is 4.72 Å². The van der Waals surface area contributed by atoms with E-state index in [4.69, 9.17) is 0 Å². The first-order valence-corrected chi connectivity index (χ1v) is 10.9. The van der Waals surface area contributed by atoms with Crippen molar-refractivity contribution in [1.29, 1.82) is 0 Å². The number of Topliss-reactive ketones (excluding diaryl/α,β-unsaturated/α-hetero) is 1. The summed E-state index contributed by atoms with van der Waals surface area (Å²) in [5, 5.41) is 9.21. The van der Waals surface area contributed by atoms with Gasteiger partial charge in [0.15, 0.2) is 0 Å². The highest BCUT2D eigenvalue weighted by Crippen LogP contribution is 2.64. The second kappa shape index (κ2) is 6.37. The zero-order valence-corrected chi connectivity index (χ0v) is 15.4. The Morgan fingerprint density at radius 1 is 1.48 bits per heavy atom. The summed E-state index contributed by atoms with van der Waals surface area (Å²) in [6, 6.07) is -1.14. The molecule has 2 unspecified atom stereocenters. The van der Waals surface area contributed by atoms with Gasteiger partial charge in [0.25, 0.3) is 0 Å². The molecule has 2 N–H and O–H groups in total. The Bertz CT molecular complexity index is 601. The predicted octanol–water partition coefficient (Wildman–Crippen LogP) is 1.51. The molecular weight excluding hydrogens is 338 g/mol. The summed E-state index contributed by atoms with van der Waals surface area (Å²) in [6.07, 6.45) is 3.95. The normalized spacial score (nSPS) is 30.6. The number of fused-ring (bicyclic) bond motifs is 2. The second-order valence-corrected chi connectivity index (χ2v) is 9.96. The van der Waals surface area contributed by atoms with Crippen LogP contribution in [-0.2, 0) is 19.6 Å². The number of thioether (sulfide) groups is 1. The maximum Gasteiger partial charge on any atom is 0.321 e. The fourth-order valence-corrected chi connectivity index (χ4v) is 6.69. The van der Waals surface area contributed by atoms with E-state index in [1.54, 1.807) is 0 Å². The van der Waals surface area contributed by atoms with Gasteiger partial charge in [-0.2, -0.15) is 11.8 Å². The Morgan fingerprint density at radius 2 is 2.13 bits per heavy atom. The third-order valence-electron chi connectivity index (χ3n) is 5.81. The maximum absolute atomic E-state index is 12.5. The average Bonchev–Trinajstić information content (AvgIpc) is 2.76. The molecule has 0 aromatic heterocycles. The molecule has 2 rings (SSSR count). The lowest BCUT2D eigenvalue weighted by Crippen LogP contribution is -2.49. The van der Waals surface area contributed by atoms with E-state index in [1.807, 2.05) is 20.1 Å². The highest BCUT2D eigenvalue weighted by molar-refractivity contribution is 7.98. The lowest BCUT2D eigenvalue weighted by atomic mass is 9.70.